The fraction of sp³-hybridized carbons (Fsp3) is 0.409. The molecule has 3 heterocycles. The predicted molar refractivity (Wildman–Crippen MR) is 104 cm³/mol. The molecule has 0 atom stereocenters. The second-order valence-corrected chi connectivity index (χ2v) is 8.42. The number of Topliss-reactive ketones (excluding diaryl/α,β-unsaturated/α-hetero) is 1. The van der Waals surface area contributed by atoms with Crippen LogP contribution in [0.25, 0.3) is 22.2 Å². The lowest BCUT2D eigenvalue weighted by Crippen LogP contribution is -2.35. The zero-order chi connectivity index (χ0) is 18.6. The molecule has 5 heteroatoms. The maximum Gasteiger partial charge on any atom is 0.170 e. The van der Waals surface area contributed by atoms with Crippen molar-refractivity contribution in [1.82, 2.24) is 15.0 Å². The summed E-state index contributed by atoms with van der Waals surface area (Å²) in [6.07, 6.45) is 9.17. The summed E-state index contributed by atoms with van der Waals surface area (Å²) in [6, 6.07) is 5.80. The van der Waals surface area contributed by atoms with Crippen LogP contribution in [0.1, 0.15) is 55.7 Å². The maximum atomic E-state index is 12.4. The lowest BCUT2D eigenvalue weighted by atomic mass is 9.83. The summed E-state index contributed by atoms with van der Waals surface area (Å²) in [5.41, 5.74) is 3.09. The summed E-state index contributed by atoms with van der Waals surface area (Å²) >= 11 is 0. The lowest BCUT2D eigenvalue weighted by molar-refractivity contribution is 0.0620. The van der Waals surface area contributed by atoms with E-state index in [9.17, 15) is 4.79 Å². The number of carbonyl (C=O) groups is 1. The molecule has 3 aromatic rings. The van der Waals surface area contributed by atoms with E-state index < -0.39 is 5.60 Å². The molecule has 138 valence electrons. The average Bonchev–Trinajstić information content (AvgIpc) is 2.99. The second kappa shape index (κ2) is 5.91. The minimum absolute atomic E-state index is 0.135. The van der Waals surface area contributed by atoms with Crippen molar-refractivity contribution in [3.63, 3.8) is 0 Å². The Labute approximate surface area is 158 Å². The molecule has 2 aromatic heterocycles. The first kappa shape index (κ1) is 16.5. The molecule has 1 aromatic carbocycles. The largest absolute Gasteiger partial charge is 0.487 e. The molecule has 0 spiro atoms. The Kier molecular flexibility index (Phi) is 3.61. The van der Waals surface area contributed by atoms with Gasteiger partial charge in [0.05, 0.1) is 12.0 Å². The third-order valence-corrected chi connectivity index (χ3v) is 5.74. The third-order valence-electron chi connectivity index (χ3n) is 5.74. The molecule has 0 unspecified atom stereocenters. The van der Waals surface area contributed by atoms with Gasteiger partial charge in [-0.25, -0.2) is 9.97 Å². The van der Waals surface area contributed by atoms with Crippen LogP contribution < -0.4 is 4.74 Å². The normalized spacial score (nSPS) is 18.8. The van der Waals surface area contributed by atoms with Crippen molar-refractivity contribution in [3.05, 3.63) is 42.0 Å². The van der Waals surface area contributed by atoms with Gasteiger partial charge >= 0.3 is 0 Å². The van der Waals surface area contributed by atoms with E-state index in [0.717, 1.165) is 40.3 Å². The lowest BCUT2D eigenvalue weighted by Gasteiger charge is -2.31. The Morgan fingerprint density at radius 3 is 2.89 bits per heavy atom. The number of hydrogen-bond acceptors (Lipinski definition) is 4. The van der Waals surface area contributed by atoms with Gasteiger partial charge in [0.2, 0.25) is 0 Å². The molecule has 1 aliphatic heterocycles. The van der Waals surface area contributed by atoms with Gasteiger partial charge < -0.3 is 9.72 Å². The highest BCUT2D eigenvalue weighted by atomic mass is 16.5. The van der Waals surface area contributed by atoms with Crippen molar-refractivity contribution in [1.29, 1.82) is 0 Å². The molecule has 0 saturated heterocycles. The number of aromatic nitrogens is 3. The second-order valence-electron chi connectivity index (χ2n) is 8.42. The molecular weight excluding hydrogens is 338 g/mol. The summed E-state index contributed by atoms with van der Waals surface area (Å²) in [6.45, 7) is 3.90. The minimum Gasteiger partial charge on any atom is -0.487 e. The first-order valence-electron chi connectivity index (χ1n) is 9.68. The highest BCUT2D eigenvalue weighted by Gasteiger charge is 2.32. The smallest absolute Gasteiger partial charge is 0.170 e. The summed E-state index contributed by atoms with van der Waals surface area (Å²) in [7, 11) is 0. The number of benzene rings is 1. The highest BCUT2D eigenvalue weighted by Crippen LogP contribution is 2.37. The van der Waals surface area contributed by atoms with Gasteiger partial charge in [0, 0.05) is 29.8 Å². The van der Waals surface area contributed by atoms with Gasteiger partial charge in [0.15, 0.2) is 5.78 Å². The number of H-pyrrole nitrogens is 1. The van der Waals surface area contributed by atoms with Gasteiger partial charge in [0.25, 0.3) is 0 Å². The monoisotopic (exact) mass is 361 g/mol. The number of ketones is 1. The standard InChI is InChI=1S/C22H23N3O2/c1-22(2)10-18(26)15-7-6-14(9-19(15)27-22)16-11-24-21-17(16)12-23-20(25-21)8-13-4-3-5-13/h6-7,9,11-13H,3-5,8,10H2,1-2H3,(H,23,24,25). The average molecular weight is 361 g/mol. The van der Waals surface area contributed by atoms with Gasteiger partial charge in [0.1, 0.15) is 22.8 Å². The van der Waals surface area contributed by atoms with Crippen LogP contribution in [0.3, 0.4) is 0 Å². The number of fused-ring (bicyclic) bond motifs is 2. The van der Waals surface area contributed by atoms with Crippen molar-refractivity contribution in [2.45, 2.75) is 51.6 Å². The van der Waals surface area contributed by atoms with Crippen molar-refractivity contribution in [2.75, 3.05) is 0 Å². The van der Waals surface area contributed by atoms with Crippen LogP contribution in [0.2, 0.25) is 0 Å². The van der Waals surface area contributed by atoms with E-state index in [-0.39, 0.29) is 5.78 Å². The van der Waals surface area contributed by atoms with E-state index >= 15 is 0 Å². The first-order valence-corrected chi connectivity index (χ1v) is 9.68. The van der Waals surface area contributed by atoms with E-state index in [4.69, 9.17) is 9.72 Å². The van der Waals surface area contributed by atoms with Crippen molar-refractivity contribution in [3.8, 4) is 16.9 Å². The van der Waals surface area contributed by atoms with Crippen molar-refractivity contribution >= 4 is 16.8 Å². The van der Waals surface area contributed by atoms with Crippen LogP contribution in [-0.4, -0.2) is 26.3 Å². The van der Waals surface area contributed by atoms with Crippen LogP contribution in [0.4, 0.5) is 0 Å². The summed E-state index contributed by atoms with van der Waals surface area (Å²) in [5.74, 6) is 2.46. The summed E-state index contributed by atoms with van der Waals surface area (Å²) in [5, 5.41) is 0.994. The molecule has 2 aliphatic rings. The molecule has 5 rings (SSSR count). The zero-order valence-corrected chi connectivity index (χ0v) is 15.7. The van der Waals surface area contributed by atoms with Crippen molar-refractivity contribution < 1.29 is 9.53 Å². The zero-order valence-electron chi connectivity index (χ0n) is 15.7. The molecular formula is C22H23N3O2. The van der Waals surface area contributed by atoms with Crippen LogP contribution in [-0.2, 0) is 6.42 Å². The Morgan fingerprint density at radius 2 is 2.11 bits per heavy atom. The summed E-state index contributed by atoms with van der Waals surface area (Å²) in [4.78, 5) is 24.9. The van der Waals surface area contributed by atoms with Gasteiger partial charge in [-0.15, -0.1) is 0 Å². The highest BCUT2D eigenvalue weighted by molar-refractivity contribution is 6.01. The van der Waals surface area contributed by atoms with E-state index in [1.807, 2.05) is 44.4 Å². The third kappa shape index (κ3) is 2.91. The number of nitrogens with one attached hydrogen (secondary N) is 1. The van der Waals surface area contributed by atoms with Gasteiger partial charge in [-0.05, 0) is 37.5 Å². The van der Waals surface area contributed by atoms with E-state index in [0.29, 0.717) is 17.7 Å². The number of nitrogens with zero attached hydrogens (tertiary/aromatic N) is 2. The molecule has 27 heavy (non-hydrogen) atoms. The van der Waals surface area contributed by atoms with Crippen LogP contribution in [0.5, 0.6) is 5.75 Å². The fourth-order valence-electron chi connectivity index (χ4n) is 4.06. The molecule has 1 N–H and O–H groups in total. The number of carbonyl (C=O) groups excluding carboxylic acids is 1. The molecule has 1 aliphatic carbocycles. The first-order chi connectivity index (χ1) is 13.0. The quantitative estimate of drug-likeness (QED) is 0.733. The number of ether oxygens (including phenoxy) is 1. The molecule has 1 fully saturated rings. The molecule has 5 nitrogen and oxygen atoms in total. The topological polar surface area (TPSA) is 67.9 Å². The number of aromatic amines is 1. The van der Waals surface area contributed by atoms with Crippen LogP contribution in [0, 0.1) is 5.92 Å². The summed E-state index contributed by atoms with van der Waals surface area (Å²) < 4.78 is 6.06. The molecule has 0 radical (unpaired) electrons. The Hall–Kier alpha value is -2.69. The molecule has 0 amide bonds. The van der Waals surface area contributed by atoms with Gasteiger partial charge in [-0.3, -0.25) is 4.79 Å². The minimum atomic E-state index is -0.470. The maximum absolute atomic E-state index is 12.4. The SMILES string of the molecule is CC1(C)CC(=O)c2ccc(-c3c[nH]c4nc(CC5CCC5)ncc34)cc2O1. The van der Waals surface area contributed by atoms with E-state index in [1.54, 1.807) is 0 Å². The fourth-order valence-corrected chi connectivity index (χ4v) is 4.06. The molecule has 1 saturated carbocycles. The van der Waals surface area contributed by atoms with E-state index in [1.165, 1.54) is 19.3 Å². The number of rotatable bonds is 3. The Morgan fingerprint density at radius 1 is 1.26 bits per heavy atom. The molecule has 0 bridgehead atoms. The predicted octanol–water partition coefficient (Wildman–Crippen LogP) is 4.71. The van der Waals surface area contributed by atoms with E-state index in [2.05, 4.69) is 9.97 Å². The van der Waals surface area contributed by atoms with Crippen molar-refractivity contribution in [2.24, 2.45) is 5.92 Å². The Balaban J connectivity index is 1.51. The van der Waals surface area contributed by atoms with Crippen LogP contribution >= 0.6 is 0 Å². The van der Waals surface area contributed by atoms with Crippen LogP contribution in [0.15, 0.2) is 30.6 Å². The Bertz CT molecular complexity index is 1050. The van der Waals surface area contributed by atoms with Gasteiger partial charge in [-0.1, -0.05) is 25.3 Å². The number of hydrogen-bond donors (Lipinski definition) is 1. The van der Waals surface area contributed by atoms with Gasteiger partial charge in [-0.2, -0.15) is 0 Å².